The summed E-state index contributed by atoms with van der Waals surface area (Å²) in [5, 5.41) is 8.51. The molecule has 0 saturated carbocycles. The zero-order valence-corrected chi connectivity index (χ0v) is 14.2. The first-order valence-electron chi connectivity index (χ1n) is 7.70. The molecule has 5 nitrogen and oxygen atoms in total. The van der Waals surface area contributed by atoms with Crippen LogP contribution in [0, 0.1) is 0 Å². The van der Waals surface area contributed by atoms with Crippen molar-refractivity contribution >= 4 is 12.0 Å². The molecule has 2 N–H and O–H groups in total. The van der Waals surface area contributed by atoms with E-state index in [1.165, 1.54) is 6.08 Å². The SMILES string of the molecule is CC.COc1ccc(/C=C/C(=O)NO)c(OCc2ccccc2)c1. The second-order valence-electron chi connectivity index (χ2n) is 4.49. The maximum atomic E-state index is 11.1. The number of methoxy groups -OCH3 is 1. The van der Waals surface area contributed by atoms with Gasteiger partial charge in [0.2, 0.25) is 0 Å². The molecule has 2 rings (SSSR count). The zero-order valence-electron chi connectivity index (χ0n) is 14.2. The van der Waals surface area contributed by atoms with Crippen LogP contribution in [0.1, 0.15) is 25.0 Å². The summed E-state index contributed by atoms with van der Waals surface area (Å²) >= 11 is 0. The summed E-state index contributed by atoms with van der Waals surface area (Å²) < 4.78 is 11.0. The molecular weight excluding hydrogens is 306 g/mol. The fourth-order valence-corrected chi connectivity index (χ4v) is 1.84. The Morgan fingerprint density at radius 1 is 1.17 bits per heavy atom. The molecule has 0 spiro atoms. The van der Waals surface area contributed by atoms with E-state index in [0.717, 1.165) is 5.56 Å². The van der Waals surface area contributed by atoms with Gasteiger partial charge in [-0.05, 0) is 23.8 Å². The molecule has 128 valence electrons. The van der Waals surface area contributed by atoms with Crippen LogP contribution in [0.5, 0.6) is 11.5 Å². The predicted molar refractivity (Wildman–Crippen MR) is 94.1 cm³/mol. The molecule has 0 radical (unpaired) electrons. The van der Waals surface area contributed by atoms with Gasteiger partial charge in [-0.2, -0.15) is 0 Å². The normalized spacial score (nSPS) is 9.83. The van der Waals surface area contributed by atoms with Crippen molar-refractivity contribution in [3.05, 3.63) is 65.7 Å². The third-order valence-electron chi connectivity index (χ3n) is 2.98. The summed E-state index contributed by atoms with van der Waals surface area (Å²) in [4.78, 5) is 11.1. The standard InChI is InChI=1S/C17H17NO4.C2H6/c1-21-15-9-7-14(8-10-17(19)18-20)16(11-15)22-12-13-5-3-2-4-6-13;1-2/h2-11,20H,12H2,1H3,(H,18,19);1-2H3/b10-8+;. The quantitative estimate of drug-likeness (QED) is 0.480. The van der Waals surface area contributed by atoms with Crippen LogP contribution in [0.15, 0.2) is 54.6 Å². The lowest BCUT2D eigenvalue weighted by Crippen LogP contribution is -2.14. The van der Waals surface area contributed by atoms with Crippen molar-refractivity contribution in [2.45, 2.75) is 20.5 Å². The predicted octanol–water partition coefficient (Wildman–Crippen LogP) is 3.82. The Balaban J connectivity index is 0.00000139. The monoisotopic (exact) mass is 329 g/mol. The molecule has 0 aliphatic heterocycles. The van der Waals surface area contributed by atoms with Crippen LogP contribution in [0.3, 0.4) is 0 Å². The average molecular weight is 329 g/mol. The molecule has 0 aromatic heterocycles. The summed E-state index contributed by atoms with van der Waals surface area (Å²) in [5.41, 5.74) is 3.29. The van der Waals surface area contributed by atoms with E-state index in [0.29, 0.717) is 23.7 Å². The molecule has 0 unspecified atom stereocenters. The second kappa shape index (κ2) is 10.9. The fourth-order valence-electron chi connectivity index (χ4n) is 1.84. The highest BCUT2D eigenvalue weighted by Gasteiger charge is 2.05. The number of benzene rings is 2. The van der Waals surface area contributed by atoms with Crippen molar-refractivity contribution in [3.63, 3.8) is 0 Å². The number of rotatable bonds is 6. The molecule has 24 heavy (non-hydrogen) atoms. The molecule has 0 fully saturated rings. The largest absolute Gasteiger partial charge is 0.497 e. The van der Waals surface area contributed by atoms with E-state index in [1.807, 2.05) is 44.2 Å². The van der Waals surface area contributed by atoms with Crippen LogP contribution in [-0.2, 0) is 11.4 Å². The topological polar surface area (TPSA) is 67.8 Å². The number of nitrogens with one attached hydrogen (secondary N) is 1. The Kier molecular flexibility index (Phi) is 8.71. The van der Waals surface area contributed by atoms with Gasteiger partial charge in [0.15, 0.2) is 0 Å². The summed E-state index contributed by atoms with van der Waals surface area (Å²) in [7, 11) is 1.57. The number of hydrogen-bond acceptors (Lipinski definition) is 4. The highest BCUT2D eigenvalue weighted by Crippen LogP contribution is 2.26. The van der Waals surface area contributed by atoms with E-state index >= 15 is 0 Å². The third-order valence-corrected chi connectivity index (χ3v) is 2.98. The minimum Gasteiger partial charge on any atom is -0.497 e. The van der Waals surface area contributed by atoms with Crippen molar-refractivity contribution in [1.82, 2.24) is 5.48 Å². The molecule has 2 aromatic carbocycles. The first-order chi connectivity index (χ1) is 11.7. The summed E-state index contributed by atoms with van der Waals surface area (Å²) in [6, 6.07) is 15.1. The lowest BCUT2D eigenvalue weighted by molar-refractivity contribution is -0.124. The first kappa shape index (κ1) is 19.3. The lowest BCUT2D eigenvalue weighted by atomic mass is 10.1. The van der Waals surface area contributed by atoms with Gasteiger partial charge in [-0.1, -0.05) is 44.2 Å². The molecule has 5 heteroatoms. The number of carbonyl (C=O) groups excluding carboxylic acids is 1. The Hall–Kier alpha value is -2.79. The van der Waals surface area contributed by atoms with E-state index in [-0.39, 0.29) is 0 Å². The Morgan fingerprint density at radius 2 is 1.88 bits per heavy atom. The third kappa shape index (κ3) is 6.14. The van der Waals surface area contributed by atoms with Gasteiger partial charge in [-0.3, -0.25) is 10.0 Å². The van der Waals surface area contributed by atoms with Crippen molar-refractivity contribution < 1.29 is 19.5 Å². The maximum Gasteiger partial charge on any atom is 0.267 e. The molecule has 0 aliphatic rings. The zero-order chi connectivity index (χ0) is 17.8. The van der Waals surface area contributed by atoms with Gasteiger partial charge >= 0.3 is 0 Å². The highest BCUT2D eigenvalue weighted by molar-refractivity contribution is 5.91. The smallest absolute Gasteiger partial charge is 0.267 e. The van der Waals surface area contributed by atoms with Crippen LogP contribution < -0.4 is 15.0 Å². The van der Waals surface area contributed by atoms with Crippen molar-refractivity contribution in [3.8, 4) is 11.5 Å². The first-order valence-corrected chi connectivity index (χ1v) is 7.70. The molecular formula is C19H23NO4. The highest BCUT2D eigenvalue weighted by atomic mass is 16.5. The molecule has 0 bridgehead atoms. The van der Waals surface area contributed by atoms with Crippen LogP contribution in [0.4, 0.5) is 0 Å². The number of hydroxylamine groups is 1. The number of amides is 1. The Labute approximate surface area is 142 Å². The van der Waals surface area contributed by atoms with E-state index < -0.39 is 5.91 Å². The Morgan fingerprint density at radius 3 is 2.50 bits per heavy atom. The van der Waals surface area contributed by atoms with Gasteiger partial charge in [0.25, 0.3) is 5.91 Å². The van der Waals surface area contributed by atoms with Crippen LogP contribution in [0.25, 0.3) is 6.08 Å². The maximum absolute atomic E-state index is 11.1. The molecule has 0 aliphatic carbocycles. The average Bonchev–Trinajstić information content (AvgIpc) is 2.67. The van der Waals surface area contributed by atoms with Gasteiger partial charge in [0.05, 0.1) is 7.11 Å². The van der Waals surface area contributed by atoms with E-state index in [1.54, 1.807) is 36.9 Å². The van der Waals surface area contributed by atoms with Crippen LogP contribution in [0.2, 0.25) is 0 Å². The van der Waals surface area contributed by atoms with E-state index in [9.17, 15) is 4.79 Å². The lowest BCUT2D eigenvalue weighted by Gasteiger charge is -2.11. The van der Waals surface area contributed by atoms with E-state index in [4.69, 9.17) is 14.7 Å². The van der Waals surface area contributed by atoms with Crippen LogP contribution in [-0.4, -0.2) is 18.2 Å². The molecule has 0 atom stereocenters. The van der Waals surface area contributed by atoms with E-state index in [2.05, 4.69) is 0 Å². The Bertz CT molecular complexity index is 654. The number of carbonyl (C=O) groups is 1. The molecule has 2 aromatic rings. The van der Waals surface area contributed by atoms with Crippen molar-refractivity contribution in [1.29, 1.82) is 0 Å². The minimum atomic E-state index is -0.607. The summed E-state index contributed by atoms with van der Waals surface area (Å²) in [6.45, 7) is 4.40. The number of ether oxygens (including phenoxy) is 2. The fraction of sp³-hybridized carbons (Fsp3) is 0.211. The van der Waals surface area contributed by atoms with Gasteiger partial charge in [0, 0.05) is 17.7 Å². The molecule has 0 heterocycles. The molecule has 0 saturated heterocycles. The van der Waals surface area contributed by atoms with Crippen molar-refractivity contribution in [2.24, 2.45) is 0 Å². The van der Waals surface area contributed by atoms with Gasteiger partial charge < -0.3 is 9.47 Å². The summed E-state index contributed by atoms with van der Waals surface area (Å²) in [5.74, 6) is 0.641. The van der Waals surface area contributed by atoms with Crippen LogP contribution >= 0.6 is 0 Å². The van der Waals surface area contributed by atoms with Gasteiger partial charge in [-0.25, -0.2) is 5.48 Å². The minimum absolute atomic E-state index is 0.404. The van der Waals surface area contributed by atoms with Gasteiger partial charge in [-0.15, -0.1) is 0 Å². The summed E-state index contributed by atoms with van der Waals surface area (Å²) in [6.07, 6.45) is 2.78. The van der Waals surface area contributed by atoms with Crippen molar-refractivity contribution in [2.75, 3.05) is 7.11 Å². The second-order valence-corrected chi connectivity index (χ2v) is 4.49. The number of hydrogen-bond donors (Lipinski definition) is 2. The van der Waals surface area contributed by atoms with Gasteiger partial charge in [0.1, 0.15) is 18.1 Å². The molecule has 1 amide bonds.